The fourth-order valence-corrected chi connectivity index (χ4v) is 2.41. The Bertz CT molecular complexity index is 701. The smallest absolute Gasteiger partial charge is 0.190 e. The van der Waals surface area contributed by atoms with Crippen molar-refractivity contribution in [1.82, 2.24) is 0 Å². The minimum atomic E-state index is -3.35. The predicted molar refractivity (Wildman–Crippen MR) is 80.0 cm³/mol. The molecule has 5 heteroatoms. The van der Waals surface area contributed by atoms with Crippen molar-refractivity contribution in [2.75, 3.05) is 19.0 Å². The minimum absolute atomic E-state index is 0.199. The molecule has 1 aliphatic rings. The monoisotopic (exact) mass is 304 g/mol. The van der Waals surface area contributed by atoms with Crippen LogP contribution >= 0.6 is 0 Å². The third kappa shape index (κ3) is 5.58. The first kappa shape index (κ1) is 15.6. The summed E-state index contributed by atoms with van der Waals surface area (Å²) in [5.41, 5.74) is 4.70. The van der Waals surface area contributed by atoms with E-state index in [1.165, 1.54) is 0 Å². The molecule has 0 unspecified atom stereocenters. The van der Waals surface area contributed by atoms with Crippen LogP contribution in [0.25, 0.3) is 0 Å². The highest BCUT2D eigenvalue weighted by atomic mass is 32.2. The summed E-state index contributed by atoms with van der Waals surface area (Å²) in [6.07, 6.45) is 1.55. The maximum atomic E-state index is 11.6. The number of ether oxygens (including phenoxy) is 2. The Hall–Kier alpha value is -1.83. The van der Waals surface area contributed by atoms with Crippen molar-refractivity contribution in [2.24, 2.45) is 0 Å². The van der Waals surface area contributed by atoms with Crippen LogP contribution < -0.4 is 0 Å². The van der Waals surface area contributed by atoms with Gasteiger partial charge < -0.3 is 9.47 Å². The molecule has 0 spiro atoms. The van der Waals surface area contributed by atoms with Gasteiger partial charge in [-0.25, -0.2) is 8.42 Å². The first-order chi connectivity index (χ1) is 10.2. The van der Waals surface area contributed by atoms with Gasteiger partial charge in [0.25, 0.3) is 0 Å². The molecule has 21 heavy (non-hydrogen) atoms. The molecule has 0 N–H and O–H groups in total. The average Bonchev–Trinajstić information content (AvgIpc) is 2.47. The lowest BCUT2D eigenvalue weighted by Crippen LogP contribution is -2.01. The van der Waals surface area contributed by atoms with Gasteiger partial charge in [-0.05, 0) is 17.2 Å². The van der Waals surface area contributed by atoms with Gasteiger partial charge in [-0.15, -0.1) is 5.73 Å². The average molecular weight is 304 g/mol. The van der Waals surface area contributed by atoms with Gasteiger partial charge >= 0.3 is 0 Å². The highest BCUT2D eigenvalue weighted by molar-refractivity contribution is 7.94. The van der Waals surface area contributed by atoms with Gasteiger partial charge in [-0.2, -0.15) is 0 Å². The molecule has 1 aromatic carbocycles. The molecule has 0 amide bonds. The van der Waals surface area contributed by atoms with Crippen molar-refractivity contribution in [3.05, 3.63) is 52.6 Å². The van der Waals surface area contributed by atoms with Gasteiger partial charge in [0, 0.05) is 0 Å². The number of hydrogen-bond acceptors (Lipinski definition) is 4. The second kappa shape index (κ2) is 7.82. The van der Waals surface area contributed by atoms with Crippen LogP contribution in [0.15, 0.2) is 41.5 Å². The lowest BCUT2D eigenvalue weighted by molar-refractivity contribution is 0.136. The van der Waals surface area contributed by atoms with Crippen molar-refractivity contribution in [3.63, 3.8) is 0 Å². The molecule has 0 bridgehead atoms. The number of rotatable bonds is 0. The molecule has 1 aromatic rings. The normalized spacial score (nSPS) is 18.7. The number of fused-ring (bicyclic) bond motifs is 1. The van der Waals surface area contributed by atoms with Gasteiger partial charge in [0.15, 0.2) is 9.84 Å². The standard InChI is InChI=1S/C16H16O4S/c17-21(18)11-5-3-9-19-13-15-7-1-2-8-16(15)14-20-10-4-6-12-21/h1-3,7-8,11H,9-10,12-14H2. The SMILES string of the molecule is O=S1(=O)C=C=CCOCc2ccccc2COCC#CC1. The molecular weight excluding hydrogens is 288 g/mol. The molecule has 0 radical (unpaired) electrons. The first-order valence-electron chi connectivity index (χ1n) is 6.49. The second-order valence-electron chi connectivity index (χ2n) is 4.43. The second-order valence-corrected chi connectivity index (χ2v) is 6.28. The van der Waals surface area contributed by atoms with Crippen molar-refractivity contribution in [2.45, 2.75) is 13.2 Å². The predicted octanol–water partition coefficient (Wildman–Crippen LogP) is 1.82. The van der Waals surface area contributed by atoms with Crippen molar-refractivity contribution < 1.29 is 17.9 Å². The Morgan fingerprint density at radius 3 is 2.48 bits per heavy atom. The topological polar surface area (TPSA) is 52.6 Å². The Morgan fingerprint density at radius 2 is 1.71 bits per heavy atom. The van der Waals surface area contributed by atoms with E-state index in [0.29, 0.717) is 19.8 Å². The van der Waals surface area contributed by atoms with Gasteiger partial charge in [-0.3, -0.25) is 0 Å². The lowest BCUT2D eigenvalue weighted by atomic mass is 10.1. The van der Waals surface area contributed by atoms with Crippen LogP contribution in [-0.4, -0.2) is 27.4 Å². The largest absolute Gasteiger partial charge is 0.372 e. The van der Waals surface area contributed by atoms with E-state index < -0.39 is 9.84 Å². The van der Waals surface area contributed by atoms with E-state index in [1.54, 1.807) is 6.08 Å². The quantitative estimate of drug-likeness (QED) is 0.542. The molecule has 0 saturated heterocycles. The number of benzene rings is 1. The highest BCUT2D eigenvalue weighted by Crippen LogP contribution is 2.11. The summed E-state index contributed by atoms with van der Waals surface area (Å²) in [7, 11) is -3.35. The number of sulfone groups is 1. The zero-order valence-electron chi connectivity index (χ0n) is 11.5. The molecule has 1 heterocycles. The Balaban J connectivity index is 2.15. The van der Waals surface area contributed by atoms with Crippen LogP contribution in [0.4, 0.5) is 0 Å². The molecule has 2 rings (SSSR count). The van der Waals surface area contributed by atoms with Crippen LogP contribution in [-0.2, 0) is 32.5 Å². The van der Waals surface area contributed by atoms with E-state index in [2.05, 4.69) is 17.6 Å². The van der Waals surface area contributed by atoms with E-state index in [1.807, 2.05) is 24.3 Å². The van der Waals surface area contributed by atoms with Crippen molar-refractivity contribution >= 4 is 9.84 Å². The molecule has 0 saturated carbocycles. The van der Waals surface area contributed by atoms with Crippen LogP contribution in [0.1, 0.15) is 11.1 Å². The fourth-order valence-electron chi connectivity index (χ4n) is 1.72. The summed E-state index contributed by atoms with van der Waals surface area (Å²) in [5, 5.41) is 1.03. The molecule has 0 aromatic heterocycles. The molecule has 4 nitrogen and oxygen atoms in total. The van der Waals surface area contributed by atoms with Gasteiger partial charge in [0.1, 0.15) is 12.4 Å². The van der Waals surface area contributed by atoms with Gasteiger partial charge in [-0.1, -0.05) is 36.1 Å². The molecule has 0 atom stereocenters. The van der Waals surface area contributed by atoms with E-state index in [4.69, 9.17) is 9.47 Å². The fraction of sp³-hybridized carbons (Fsp3) is 0.312. The van der Waals surface area contributed by atoms with Crippen molar-refractivity contribution in [3.8, 4) is 11.8 Å². The van der Waals surface area contributed by atoms with E-state index in [9.17, 15) is 8.42 Å². The van der Waals surface area contributed by atoms with Crippen LogP contribution in [0.2, 0.25) is 0 Å². The van der Waals surface area contributed by atoms with Crippen molar-refractivity contribution in [1.29, 1.82) is 0 Å². The first-order valence-corrected chi connectivity index (χ1v) is 8.20. The summed E-state index contributed by atoms with van der Waals surface area (Å²) in [6, 6.07) is 7.84. The highest BCUT2D eigenvalue weighted by Gasteiger charge is 2.03. The zero-order chi connectivity index (χ0) is 15.0. The summed E-state index contributed by atoms with van der Waals surface area (Å²) in [6.45, 7) is 1.36. The Morgan fingerprint density at radius 1 is 1.00 bits per heavy atom. The molecule has 110 valence electrons. The molecular formula is C16H16O4S. The molecule has 0 fully saturated rings. The lowest BCUT2D eigenvalue weighted by Gasteiger charge is -2.08. The minimum Gasteiger partial charge on any atom is -0.372 e. The third-order valence-electron chi connectivity index (χ3n) is 2.77. The summed E-state index contributed by atoms with van der Waals surface area (Å²) in [4.78, 5) is 0. The molecule has 0 aliphatic carbocycles. The maximum absolute atomic E-state index is 11.6. The van der Waals surface area contributed by atoms with Gasteiger partial charge in [0.05, 0.1) is 25.2 Å². The van der Waals surface area contributed by atoms with E-state index >= 15 is 0 Å². The molecule has 1 aliphatic heterocycles. The summed E-state index contributed by atoms with van der Waals surface area (Å²) >= 11 is 0. The van der Waals surface area contributed by atoms with Crippen LogP contribution in [0.5, 0.6) is 0 Å². The van der Waals surface area contributed by atoms with Crippen LogP contribution in [0, 0.1) is 11.8 Å². The zero-order valence-corrected chi connectivity index (χ0v) is 12.4. The Kier molecular flexibility index (Phi) is 5.79. The Labute approximate surface area is 125 Å². The van der Waals surface area contributed by atoms with Crippen LogP contribution in [0.3, 0.4) is 0 Å². The number of hydrogen-bond donors (Lipinski definition) is 0. The van der Waals surface area contributed by atoms with Gasteiger partial charge in [0.2, 0.25) is 0 Å². The third-order valence-corrected chi connectivity index (χ3v) is 3.81. The summed E-state index contributed by atoms with van der Waals surface area (Å²) in [5.74, 6) is 5.06. The van der Waals surface area contributed by atoms with E-state index in [0.717, 1.165) is 16.5 Å². The van der Waals surface area contributed by atoms with E-state index in [-0.39, 0.29) is 12.4 Å². The summed E-state index contributed by atoms with van der Waals surface area (Å²) < 4.78 is 34.1. The maximum Gasteiger partial charge on any atom is 0.190 e.